The molecule has 4 N–H and O–H groups in total. The Morgan fingerprint density at radius 1 is 1.62 bits per heavy atom. The highest BCUT2D eigenvalue weighted by atomic mass is 31.2. The van der Waals surface area contributed by atoms with Crippen molar-refractivity contribution >= 4 is 7.60 Å². The van der Waals surface area contributed by atoms with E-state index in [9.17, 15) is 14.8 Å². The van der Waals surface area contributed by atoms with Crippen LogP contribution in [0.2, 0.25) is 0 Å². The minimum Gasteiger partial charge on any atom is -0.393 e. The molecule has 3 atom stereocenters. The Labute approximate surface area is 76.3 Å². The summed E-state index contributed by atoms with van der Waals surface area (Å²) in [6.45, 7) is 1.00. The van der Waals surface area contributed by atoms with E-state index >= 15 is 0 Å². The number of aliphatic hydroxyl groups excluding tert-OH is 2. The SMILES string of the molecule is C[C@](O)(CO)[C@H](O)COP(C)(=O)O. The van der Waals surface area contributed by atoms with Gasteiger partial charge in [-0.2, -0.15) is 0 Å². The Hall–Kier alpha value is 0.0300. The minimum absolute atomic E-state index is 0.502. The highest BCUT2D eigenvalue weighted by Crippen LogP contribution is 2.36. The monoisotopic (exact) mass is 214 g/mol. The first-order valence-electron chi connectivity index (χ1n) is 3.65. The summed E-state index contributed by atoms with van der Waals surface area (Å²) in [5.74, 6) is 0. The van der Waals surface area contributed by atoms with Crippen molar-refractivity contribution in [3.63, 3.8) is 0 Å². The molecule has 0 amide bonds. The molecule has 7 heteroatoms. The van der Waals surface area contributed by atoms with Gasteiger partial charge in [0.25, 0.3) is 0 Å². The predicted octanol–water partition coefficient (Wildman–Crippen LogP) is -1.08. The van der Waals surface area contributed by atoms with Gasteiger partial charge < -0.3 is 24.7 Å². The van der Waals surface area contributed by atoms with Gasteiger partial charge in [-0.3, -0.25) is 4.57 Å². The molecule has 0 heterocycles. The minimum atomic E-state index is -3.65. The molecule has 1 unspecified atom stereocenters. The lowest BCUT2D eigenvalue weighted by Crippen LogP contribution is -2.45. The first kappa shape index (κ1) is 13.0. The number of hydrogen-bond acceptors (Lipinski definition) is 5. The number of aliphatic hydroxyl groups is 3. The van der Waals surface area contributed by atoms with E-state index < -0.39 is 32.5 Å². The smallest absolute Gasteiger partial charge is 0.325 e. The van der Waals surface area contributed by atoms with E-state index in [-0.39, 0.29) is 0 Å². The van der Waals surface area contributed by atoms with Gasteiger partial charge in [-0.05, 0) is 6.92 Å². The molecule has 6 nitrogen and oxygen atoms in total. The normalized spacial score (nSPS) is 23.2. The molecule has 0 aromatic carbocycles. The third-order valence-corrected chi connectivity index (χ3v) is 2.14. The average Bonchev–Trinajstić information content (AvgIpc) is 1.98. The van der Waals surface area contributed by atoms with Gasteiger partial charge in [-0.15, -0.1) is 0 Å². The molecule has 0 aromatic heterocycles. The fraction of sp³-hybridized carbons (Fsp3) is 1.00. The van der Waals surface area contributed by atoms with Crippen LogP contribution in [0.15, 0.2) is 0 Å². The van der Waals surface area contributed by atoms with E-state index in [1.807, 2.05) is 0 Å². The maximum atomic E-state index is 10.6. The third-order valence-electron chi connectivity index (χ3n) is 1.51. The van der Waals surface area contributed by atoms with Crippen LogP contribution in [0.4, 0.5) is 0 Å². The summed E-state index contributed by atoms with van der Waals surface area (Å²) in [6, 6.07) is 0. The molecule has 0 bridgehead atoms. The molecular weight excluding hydrogens is 199 g/mol. The van der Waals surface area contributed by atoms with Crippen LogP contribution in [0.5, 0.6) is 0 Å². The molecule has 0 saturated heterocycles. The maximum absolute atomic E-state index is 10.6. The Morgan fingerprint density at radius 3 is 2.38 bits per heavy atom. The zero-order valence-electron chi connectivity index (χ0n) is 7.54. The predicted molar refractivity (Wildman–Crippen MR) is 45.4 cm³/mol. The van der Waals surface area contributed by atoms with Crippen LogP contribution < -0.4 is 0 Å². The lowest BCUT2D eigenvalue weighted by molar-refractivity contribution is -0.105. The summed E-state index contributed by atoms with van der Waals surface area (Å²) in [5, 5.41) is 27.0. The summed E-state index contributed by atoms with van der Waals surface area (Å²) in [4.78, 5) is 8.68. The van der Waals surface area contributed by atoms with Crippen molar-refractivity contribution in [2.24, 2.45) is 0 Å². The van der Waals surface area contributed by atoms with Crippen molar-refractivity contribution < 1.29 is 29.3 Å². The van der Waals surface area contributed by atoms with Gasteiger partial charge >= 0.3 is 7.60 Å². The first-order chi connectivity index (χ1) is 5.69. The summed E-state index contributed by atoms with van der Waals surface area (Å²) < 4.78 is 15.0. The van der Waals surface area contributed by atoms with Crippen LogP contribution in [0.1, 0.15) is 6.92 Å². The zero-order valence-corrected chi connectivity index (χ0v) is 8.44. The summed E-state index contributed by atoms with van der Waals surface area (Å²) in [5.41, 5.74) is -1.73. The van der Waals surface area contributed by atoms with Crippen LogP contribution in [0, 0.1) is 0 Å². The molecule has 0 aromatic rings. The third kappa shape index (κ3) is 5.36. The van der Waals surface area contributed by atoms with Crippen molar-refractivity contribution in [2.75, 3.05) is 19.9 Å². The molecule has 0 saturated carbocycles. The molecule has 80 valence electrons. The zero-order chi connectivity index (χ0) is 10.7. The van der Waals surface area contributed by atoms with Gasteiger partial charge in [-0.1, -0.05) is 0 Å². The number of rotatable bonds is 5. The van der Waals surface area contributed by atoms with E-state index in [2.05, 4.69) is 4.52 Å². The number of hydrogen-bond donors (Lipinski definition) is 4. The summed E-state index contributed by atoms with van der Waals surface area (Å²) >= 11 is 0. The van der Waals surface area contributed by atoms with Crippen molar-refractivity contribution in [3.05, 3.63) is 0 Å². The van der Waals surface area contributed by atoms with Gasteiger partial charge in [-0.25, -0.2) is 0 Å². The molecule has 13 heavy (non-hydrogen) atoms. The molecule has 0 aliphatic heterocycles. The fourth-order valence-corrected chi connectivity index (χ4v) is 0.912. The quantitative estimate of drug-likeness (QED) is 0.434. The van der Waals surface area contributed by atoms with Crippen LogP contribution in [0.25, 0.3) is 0 Å². The Kier molecular flexibility index (Phi) is 4.51. The van der Waals surface area contributed by atoms with Crippen molar-refractivity contribution in [1.29, 1.82) is 0 Å². The largest absolute Gasteiger partial charge is 0.393 e. The highest BCUT2D eigenvalue weighted by Gasteiger charge is 2.31. The second-order valence-electron chi connectivity index (χ2n) is 3.13. The van der Waals surface area contributed by atoms with E-state index in [4.69, 9.17) is 10.00 Å². The van der Waals surface area contributed by atoms with Crippen LogP contribution in [0.3, 0.4) is 0 Å². The standard InChI is InChI=1S/C6H15O6P/c1-6(9,4-7)5(8)3-12-13(2,10)11/h5,7-9H,3-4H2,1-2H3,(H,10,11)/t5-,6+/m1/s1. The van der Waals surface area contributed by atoms with Gasteiger partial charge in [0.2, 0.25) is 0 Å². The molecule has 0 fully saturated rings. The molecule has 0 radical (unpaired) electrons. The molecular formula is C6H15O6P. The Bertz CT molecular complexity index is 197. The first-order valence-corrected chi connectivity index (χ1v) is 5.67. The molecule has 0 aliphatic rings. The molecule has 0 spiro atoms. The summed E-state index contributed by atoms with van der Waals surface area (Å²) in [6.07, 6.45) is -1.40. The second-order valence-corrected chi connectivity index (χ2v) is 4.99. The summed E-state index contributed by atoms with van der Waals surface area (Å²) in [7, 11) is -3.65. The van der Waals surface area contributed by atoms with E-state index in [1.54, 1.807) is 0 Å². The van der Waals surface area contributed by atoms with Gasteiger partial charge in [0, 0.05) is 6.66 Å². The van der Waals surface area contributed by atoms with Gasteiger partial charge in [0.15, 0.2) is 0 Å². The van der Waals surface area contributed by atoms with Crippen LogP contribution >= 0.6 is 7.60 Å². The van der Waals surface area contributed by atoms with E-state index in [0.29, 0.717) is 0 Å². The van der Waals surface area contributed by atoms with Gasteiger partial charge in [0.1, 0.15) is 11.7 Å². The molecule has 0 rings (SSSR count). The van der Waals surface area contributed by atoms with E-state index in [0.717, 1.165) is 6.66 Å². The molecule has 0 aliphatic carbocycles. The van der Waals surface area contributed by atoms with Gasteiger partial charge in [0.05, 0.1) is 13.2 Å². The second kappa shape index (κ2) is 4.50. The lowest BCUT2D eigenvalue weighted by Gasteiger charge is -2.26. The van der Waals surface area contributed by atoms with Crippen molar-refractivity contribution in [3.8, 4) is 0 Å². The fourth-order valence-electron chi connectivity index (χ4n) is 0.494. The Balaban J connectivity index is 4.02. The maximum Gasteiger partial charge on any atom is 0.325 e. The lowest BCUT2D eigenvalue weighted by atomic mass is 10.0. The Morgan fingerprint density at radius 2 is 2.08 bits per heavy atom. The average molecular weight is 214 g/mol. The van der Waals surface area contributed by atoms with E-state index in [1.165, 1.54) is 6.92 Å². The topological polar surface area (TPSA) is 107 Å². The van der Waals surface area contributed by atoms with Crippen LogP contribution in [-0.2, 0) is 9.09 Å². The highest BCUT2D eigenvalue weighted by molar-refractivity contribution is 7.51. The van der Waals surface area contributed by atoms with Crippen molar-refractivity contribution in [1.82, 2.24) is 0 Å². The van der Waals surface area contributed by atoms with Crippen molar-refractivity contribution in [2.45, 2.75) is 18.6 Å². The van der Waals surface area contributed by atoms with Crippen LogP contribution in [-0.4, -0.2) is 51.8 Å².